The molecule has 11 heteroatoms. The van der Waals surface area contributed by atoms with Crippen LogP contribution in [0.25, 0.3) is 0 Å². The topological polar surface area (TPSA) is 127 Å². The smallest absolute Gasteiger partial charge is 0.306 e. The Labute approximate surface area is 132 Å². The van der Waals surface area contributed by atoms with E-state index >= 15 is 0 Å². The molecule has 0 radical (unpaired) electrons. The number of nitrogen functional groups attached to an aromatic ring is 1. The Balaban J connectivity index is 2.35. The monoisotopic (exact) mass is 392 g/mol. The molecule has 0 bridgehead atoms. The number of nitrogens with one attached hydrogen (secondary N) is 2. The van der Waals surface area contributed by atoms with Crippen LogP contribution in [0.2, 0.25) is 0 Å². The molecule has 4 N–H and O–H groups in total. The highest BCUT2D eigenvalue weighted by molar-refractivity contribution is 9.10. The third kappa shape index (κ3) is 3.50. The third-order valence-electron chi connectivity index (χ3n) is 2.38. The Kier molecular flexibility index (Phi) is 4.46. The van der Waals surface area contributed by atoms with E-state index in [0.29, 0.717) is 17.0 Å². The highest BCUT2D eigenvalue weighted by Gasteiger charge is 2.25. The predicted molar refractivity (Wildman–Crippen MR) is 83.7 cm³/mol. The summed E-state index contributed by atoms with van der Waals surface area (Å²) < 4.78 is 27.3. The molecular weight excluding hydrogens is 384 g/mol. The van der Waals surface area contributed by atoms with Gasteiger partial charge >= 0.3 is 5.69 Å². The summed E-state index contributed by atoms with van der Waals surface area (Å²) in [6.07, 6.45) is 0. The number of hydrogen-bond donors (Lipinski definition) is 3. The van der Waals surface area contributed by atoms with E-state index in [9.17, 15) is 18.5 Å². The molecule has 0 aliphatic carbocycles. The highest BCUT2D eigenvalue weighted by Crippen LogP contribution is 2.36. The summed E-state index contributed by atoms with van der Waals surface area (Å²) in [5.41, 5.74) is 2.07. The van der Waals surface area contributed by atoms with Gasteiger partial charge in [-0.25, -0.2) is 14.3 Å². The molecule has 0 atom stereocenters. The molecule has 0 amide bonds. The molecule has 21 heavy (non-hydrogen) atoms. The van der Waals surface area contributed by atoms with Crippen LogP contribution in [0.5, 0.6) is 0 Å². The van der Waals surface area contributed by atoms with E-state index in [2.05, 4.69) is 26.1 Å². The van der Waals surface area contributed by atoms with Crippen molar-refractivity contribution in [2.45, 2.75) is 4.21 Å². The lowest BCUT2D eigenvalue weighted by Gasteiger charge is -2.05. The molecule has 8 nitrogen and oxygen atoms in total. The van der Waals surface area contributed by atoms with Crippen LogP contribution in [0.1, 0.15) is 0 Å². The van der Waals surface area contributed by atoms with Gasteiger partial charge in [-0.05, 0) is 24.3 Å². The number of halogens is 1. The molecule has 0 aliphatic rings. The maximum absolute atomic E-state index is 12.2. The van der Waals surface area contributed by atoms with Gasteiger partial charge < -0.3 is 5.43 Å². The average Bonchev–Trinajstić information content (AvgIpc) is 2.86. The first-order valence-electron chi connectivity index (χ1n) is 5.36. The Morgan fingerprint density at radius 1 is 1.29 bits per heavy atom. The zero-order chi connectivity index (χ0) is 15.6. The predicted octanol–water partition coefficient (Wildman–Crippen LogP) is 2.51. The molecular formula is C10H9BrN4O4S2. The third-order valence-corrected chi connectivity index (χ3v) is 5.82. The maximum atomic E-state index is 12.2. The number of nitrogens with two attached hydrogens (primary N) is 1. The second-order valence-electron chi connectivity index (χ2n) is 3.79. The van der Waals surface area contributed by atoms with Crippen molar-refractivity contribution >= 4 is 53.7 Å². The van der Waals surface area contributed by atoms with Crippen LogP contribution in [0.3, 0.4) is 0 Å². The van der Waals surface area contributed by atoms with Gasteiger partial charge in [-0.2, -0.15) is 0 Å². The quantitative estimate of drug-likeness (QED) is 0.407. The molecule has 0 saturated carbocycles. The largest absolute Gasteiger partial charge is 0.310 e. The fourth-order valence-electron chi connectivity index (χ4n) is 1.45. The maximum Gasteiger partial charge on any atom is 0.306 e. The number of hydrazine groups is 1. The lowest BCUT2D eigenvalue weighted by molar-refractivity contribution is -0.383. The molecule has 112 valence electrons. The summed E-state index contributed by atoms with van der Waals surface area (Å²) in [5, 5.41) is 10.8. The van der Waals surface area contributed by atoms with Crippen LogP contribution in [-0.4, -0.2) is 13.3 Å². The molecule has 1 aromatic heterocycles. The minimum atomic E-state index is -3.92. The van der Waals surface area contributed by atoms with Crippen LogP contribution < -0.4 is 16.0 Å². The van der Waals surface area contributed by atoms with Crippen molar-refractivity contribution in [3.05, 3.63) is 44.9 Å². The van der Waals surface area contributed by atoms with Gasteiger partial charge in [0.15, 0.2) is 5.00 Å². The van der Waals surface area contributed by atoms with Gasteiger partial charge in [0.2, 0.25) is 0 Å². The van der Waals surface area contributed by atoms with Gasteiger partial charge in [0.05, 0.1) is 4.92 Å². The molecule has 0 fully saturated rings. The fraction of sp³-hybridized carbons (Fsp3) is 0. The number of anilines is 2. The van der Waals surface area contributed by atoms with Crippen molar-refractivity contribution in [2.24, 2.45) is 5.84 Å². The van der Waals surface area contributed by atoms with Gasteiger partial charge in [-0.1, -0.05) is 27.3 Å². The second kappa shape index (κ2) is 5.97. The summed E-state index contributed by atoms with van der Waals surface area (Å²) >= 11 is 3.92. The summed E-state index contributed by atoms with van der Waals surface area (Å²) in [4.78, 5) is 10.1. The Bertz CT molecular complexity index is 773. The van der Waals surface area contributed by atoms with E-state index < -0.39 is 20.6 Å². The van der Waals surface area contributed by atoms with Crippen LogP contribution in [0.15, 0.2) is 39.0 Å². The van der Waals surface area contributed by atoms with Crippen molar-refractivity contribution in [1.29, 1.82) is 0 Å². The molecule has 2 rings (SSSR count). The molecule has 0 spiro atoms. The first-order valence-corrected chi connectivity index (χ1v) is 8.46. The van der Waals surface area contributed by atoms with Crippen LogP contribution in [0.4, 0.5) is 16.4 Å². The summed E-state index contributed by atoms with van der Waals surface area (Å²) in [7, 11) is -3.92. The standard InChI is InChI=1S/C10H9BrN4O4S2/c11-6-1-3-7(4-2-6)14-21(18,19)9-5-8(15(16)17)10(13-12)20-9/h1-5,13-14H,12H2. The van der Waals surface area contributed by atoms with E-state index in [1.54, 1.807) is 24.3 Å². The van der Waals surface area contributed by atoms with Crippen LogP contribution in [-0.2, 0) is 10.0 Å². The molecule has 0 saturated heterocycles. The number of sulfonamides is 1. The average molecular weight is 393 g/mol. The summed E-state index contributed by atoms with van der Waals surface area (Å²) in [6.45, 7) is 0. The van der Waals surface area contributed by atoms with Gasteiger partial charge in [-0.15, -0.1) is 0 Å². The van der Waals surface area contributed by atoms with Gasteiger partial charge in [0.1, 0.15) is 4.21 Å². The highest BCUT2D eigenvalue weighted by atomic mass is 79.9. The fourth-order valence-corrected chi connectivity index (χ4v) is 4.01. The van der Waals surface area contributed by atoms with Crippen LogP contribution in [0, 0.1) is 10.1 Å². The zero-order valence-electron chi connectivity index (χ0n) is 10.2. The van der Waals surface area contributed by atoms with Gasteiger partial charge in [-0.3, -0.25) is 14.8 Å². The van der Waals surface area contributed by atoms with Crippen molar-refractivity contribution in [3.63, 3.8) is 0 Å². The SMILES string of the molecule is NNc1sc(S(=O)(=O)Nc2ccc(Br)cc2)cc1[N+](=O)[O-]. The molecule has 1 aromatic carbocycles. The lowest BCUT2D eigenvalue weighted by atomic mass is 10.3. The van der Waals surface area contributed by atoms with E-state index in [-0.39, 0.29) is 9.21 Å². The number of thiophene rings is 1. The van der Waals surface area contributed by atoms with E-state index in [1.807, 2.05) is 0 Å². The lowest BCUT2D eigenvalue weighted by Crippen LogP contribution is -2.11. The minimum Gasteiger partial charge on any atom is -0.310 e. The molecule has 0 aliphatic heterocycles. The Morgan fingerprint density at radius 2 is 1.90 bits per heavy atom. The Morgan fingerprint density at radius 3 is 2.38 bits per heavy atom. The van der Waals surface area contributed by atoms with Crippen molar-refractivity contribution in [1.82, 2.24) is 0 Å². The zero-order valence-corrected chi connectivity index (χ0v) is 13.5. The number of benzene rings is 1. The Hall–Kier alpha value is -1.69. The summed E-state index contributed by atoms with van der Waals surface area (Å²) in [6, 6.07) is 7.42. The number of nitrogens with zero attached hydrogens (tertiary/aromatic N) is 1. The molecule has 0 unspecified atom stereocenters. The molecule has 1 heterocycles. The van der Waals surface area contributed by atoms with Gasteiger partial charge in [0, 0.05) is 16.2 Å². The second-order valence-corrected chi connectivity index (χ2v) is 7.67. The van der Waals surface area contributed by atoms with Crippen molar-refractivity contribution in [3.8, 4) is 0 Å². The molecule has 2 aromatic rings. The van der Waals surface area contributed by atoms with E-state index in [0.717, 1.165) is 10.5 Å². The van der Waals surface area contributed by atoms with Crippen LogP contribution >= 0.6 is 27.3 Å². The van der Waals surface area contributed by atoms with E-state index in [1.165, 1.54) is 0 Å². The first-order chi connectivity index (χ1) is 9.83. The normalized spacial score (nSPS) is 11.1. The number of nitro groups is 1. The van der Waals surface area contributed by atoms with Gasteiger partial charge in [0.25, 0.3) is 10.0 Å². The summed E-state index contributed by atoms with van der Waals surface area (Å²) in [5.74, 6) is 5.15. The number of hydrogen-bond acceptors (Lipinski definition) is 7. The van der Waals surface area contributed by atoms with Crippen molar-refractivity contribution in [2.75, 3.05) is 10.1 Å². The van der Waals surface area contributed by atoms with E-state index in [4.69, 9.17) is 5.84 Å². The first kappa shape index (κ1) is 15.7. The minimum absolute atomic E-state index is 0.0313. The number of rotatable bonds is 5. The van der Waals surface area contributed by atoms with Crippen molar-refractivity contribution < 1.29 is 13.3 Å².